The van der Waals surface area contributed by atoms with Gasteiger partial charge in [-0.2, -0.15) is 0 Å². The lowest BCUT2D eigenvalue weighted by Crippen LogP contribution is -2.03. The summed E-state index contributed by atoms with van der Waals surface area (Å²) in [4.78, 5) is 16.6. The molecule has 2 aromatic rings. The molecule has 100 valence electrons. The van der Waals surface area contributed by atoms with Crippen LogP contribution < -0.4 is 0 Å². The standard InChI is InChI=1S/C14H7BrFNO2S/c15-9-4-3-8(10(16)7-9)6-11-14(18)19-13(17-11)12-2-1-5-20-12/h1-7H. The van der Waals surface area contributed by atoms with Gasteiger partial charge >= 0.3 is 5.97 Å². The van der Waals surface area contributed by atoms with Crippen LogP contribution in [-0.2, 0) is 9.53 Å². The lowest BCUT2D eigenvalue weighted by atomic mass is 10.2. The highest BCUT2D eigenvalue weighted by Crippen LogP contribution is 2.23. The molecular weight excluding hydrogens is 345 g/mol. The van der Waals surface area contributed by atoms with Crippen molar-refractivity contribution >= 4 is 45.2 Å². The molecule has 0 bridgehead atoms. The summed E-state index contributed by atoms with van der Waals surface area (Å²) in [5, 5.41) is 1.86. The number of halogens is 2. The van der Waals surface area contributed by atoms with E-state index in [9.17, 15) is 9.18 Å². The van der Waals surface area contributed by atoms with Crippen LogP contribution in [-0.4, -0.2) is 11.9 Å². The maximum absolute atomic E-state index is 13.7. The Kier molecular flexibility index (Phi) is 3.50. The zero-order chi connectivity index (χ0) is 14.1. The highest BCUT2D eigenvalue weighted by molar-refractivity contribution is 9.10. The Hall–Kier alpha value is -1.79. The van der Waals surface area contributed by atoms with E-state index in [-0.39, 0.29) is 17.2 Å². The zero-order valence-electron chi connectivity index (χ0n) is 9.97. The van der Waals surface area contributed by atoms with Gasteiger partial charge in [-0.3, -0.25) is 0 Å². The molecule has 0 fully saturated rings. The van der Waals surface area contributed by atoms with Gasteiger partial charge in [0.1, 0.15) is 5.82 Å². The molecule has 0 N–H and O–H groups in total. The molecule has 0 saturated carbocycles. The number of nitrogens with zero attached hydrogens (tertiary/aromatic N) is 1. The van der Waals surface area contributed by atoms with E-state index in [0.717, 1.165) is 4.88 Å². The van der Waals surface area contributed by atoms with Crippen molar-refractivity contribution in [2.75, 3.05) is 0 Å². The number of cyclic esters (lactones) is 1. The van der Waals surface area contributed by atoms with E-state index in [4.69, 9.17) is 4.74 Å². The van der Waals surface area contributed by atoms with Crippen LogP contribution >= 0.6 is 27.3 Å². The Morgan fingerprint density at radius 2 is 2.20 bits per heavy atom. The van der Waals surface area contributed by atoms with Crippen molar-refractivity contribution in [3.63, 3.8) is 0 Å². The Morgan fingerprint density at radius 3 is 2.90 bits per heavy atom. The molecule has 3 rings (SSSR count). The fourth-order valence-corrected chi connectivity index (χ4v) is 2.66. The first kappa shape index (κ1) is 13.2. The van der Waals surface area contributed by atoms with Crippen LogP contribution in [0.25, 0.3) is 6.08 Å². The Morgan fingerprint density at radius 1 is 1.35 bits per heavy atom. The molecule has 20 heavy (non-hydrogen) atoms. The molecule has 1 aromatic carbocycles. The minimum Gasteiger partial charge on any atom is -0.401 e. The smallest absolute Gasteiger partial charge is 0.363 e. The quantitative estimate of drug-likeness (QED) is 0.606. The summed E-state index contributed by atoms with van der Waals surface area (Å²) in [6.07, 6.45) is 1.38. The number of carbonyl (C=O) groups excluding carboxylic acids is 1. The Bertz CT molecular complexity index is 738. The average Bonchev–Trinajstić information content (AvgIpc) is 3.03. The number of aliphatic imine (C=N–C) groups is 1. The average molecular weight is 352 g/mol. The molecule has 0 spiro atoms. The van der Waals surface area contributed by atoms with Crippen molar-refractivity contribution in [3.05, 3.63) is 62.1 Å². The van der Waals surface area contributed by atoms with E-state index >= 15 is 0 Å². The lowest BCUT2D eigenvalue weighted by molar-refractivity contribution is -0.129. The molecule has 1 aliphatic rings. The molecule has 0 unspecified atom stereocenters. The summed E-state index contributed by atoms with van der Waals surface area (Å²) in [6.45, 7) is 0. The normalized spacial score (nSPS) is 16.4. The van der Waals surface area contributed by atoms with Crippen LogP contribution in [0.2, 0.25) is 0 Å². The lowest BCUT2D eigenvalue weighted by Gasteiger charge is -1.97. The summed E-state index contributed by atoms with van der Waals surface area (Å²) in [7, 11) is 0. The SMILES string of the molecule is O=C1OC(c2cccs2)=NC1=Cc1ccc(Br)cc1F. The third kappa shape index (κ3) is 2.57. The largest absolute Gasteiger partial charge is 0.401 e. The third-order valence-electron chi connectivity index (χ3n) is 2.61. The maximum Gasteiger partial charge on any atom is 0.363 e. The van der Waals surface area contributed by atoms with Gasteiger partial charge in [0.25, 0.3) is 0 Å². The predicted octanol–water partition coefficient (Wildman–Crippen LogP) is 3.99. The van der Waals surface area contributed by atoms with Gasteiger partial charge in [-0.05, 0) is 29.7 Å². The monoisotopic (exact) mass is 351 g/mol. The van der Waals surface area contributed by atoms with Gasteiger partial charge in [-0.25, -0.2) is 14.2 Å². The first-order chi connectivity index (χ1) is 9.63. The summed E-state index contributed by atoms with van der Waals surface area (Å²) < 4.78 is 19.4. The number of hydrogen-bond acceptors (Lipinski definition) is 4. The van der Waals surface area contributed by atoms with Crippen molar-refractivity contribution < 1.29 is 13.9 Å². The van der Waals surface area contributed by atoms with Gasteiger partial charge in [0.05, 0.1) is 4.88 Å². The second-order valence-electron chi connectivity index (χ2n) is 3.98. The van der Waals surface area contributed by atoms with Crippen LogP contribution in [0.1, 0.15) is 10.4 Å². The molecule has 1 aromatic heterocycles. The van der Waals surface area contributed by atoms with Gasteiger partial charge < -0.3 is 4.74 Å². The summed E-state index contributed by atoms with van der Waals surface area (Å²) in [5.74, 6) is -0.746. The van der Waals surface area contributed by atoms with Crippen LogP contribution in [0.15, 0.2) is 50.9 Å². The molecule has 0 radical (unpaired) electrons. The molecule has 1 aliphatic heterocycles. The van der Waals surface area contributed by atoms with E-state index in [1.807, 2.05) is 11.4 Å². The summed E-state index contributed by atoms with van der Waals surface area (Å²) in [5.41, 5.74) is 0.381. The fraction of sp³-hybridized carbons (Fsp3) is 0. The minimum atomic E-state index is -0.573. The van der Waals surface area contributed by atoms with Gasteiger partial charge in [-0.1, -0.05) is 28.1 Å². The molecular formula is C14H7BrFNO2S. The van der Waals surface area contributed by atoms with E-state index in [1.54, 1.807) is 18.2 Å². The molecule has 0 atom stereocenters. The zero-order valence-corrected chi connectivity index (χ0v) is 12.4. The van der Waals surface area contributed by atoms with Gasteiger partial charge in [0.2, 0.25) is 5.90 Å². The van der Waals surface area contributed by atoms with Crippen LogP contribution in [0.4, 0.5) is 4.39 Å². The van der Waals surface area contributed by atoms with Gasteiger partial charge in [-0.15, -0.1) is 11.3 Å². The molecule has 0 amide bonds. The number of ether oxygens (including phenoxy) is 1. The maximum atomic E-state index is 13.7. The topological polar surface area (TPSA) is 38.7 Å². The van der Waals surface area contributed by atoms with Gasteiger partial charge in [0.15, 0.2) is 5.70 Å². The number of carbonyl (C=O) groups is 1. The molecule has 3 nitrogen and oxygen atoms in total. The number of thiophene rings is 1. The van der Waals surface area contributed by atoms with Crippen LogP contribution in [0, 0.1) is 5.82 Å². The van der Waals surface area contributed by atoms with Crippen LogP contribution in [0.5, 0.6) is 0 Å². The Balaban J connectivity index is 1.97. The molecule has 0 saturated heterocycles. The van der Waals surface area contributed by atoms with Crippen molar-refractivity contribution in [2.24, 2.45) is 4.99 Å². The molecule has 6 heteroatoms. The number of rotatable bonds is 2. The predicted molar refractivity (Wildman–Crippen MR) is 79.0 cm³/mol. The molecule has 2 heterocycles. The van der Waals surface area contributed by atoms with E-state index in [2.05, 4.69) is 20.9 Å². The minimum absolute atomic E-state index is 0.0922. The van der Waals surface area contributed by atoms with Crippen molar-refractivity contribution in [3.8, 4) is 0 Å². The van der Waals surface area contributed by atoms with Crippen LogP contribution in [0.3, 0.4) is 0 Å². The van der Waals surface area contributed by atoms with Gasteiger partial charge in [0, 0.05) is 10.0 Å². The number of esters is 1. The summed E-state index contributed by atoms with van der Waals surface area (Å²) >= 11 is 4.60. The second-order valence-corrected chi connectivity index (χ2v) is 5.84. The first-order valence-electron chi connectivity index (χ1n) is 5.65. The number of benzene rings is 1. The number of hydrogen-bond donors (Lipinski definition) is 0. The van der Waals surface area contributed by atoms with E-state index < -0.39 is 11.8 Å². The molecule has 0 aliphatic carbocycles. The summed E-state index contributed by atoms with van der Waals surface area (Å²) in [6, 6.07) is 8.24. The van der Waals surface area contributed by atoms with Crippen molar-refractivity contribution in [1.29, 1.82) is 0 Å². The van der Waals surface area contributed by atoms with Crippen molar-refractivity contribution in [1.82, 2.24) is 0 Å². The van der Waals surface area contributed by atoms with E-state index in [0.29, 0.717) is 4.47 Å². The van der Waals surface area contributed by atoms with E-state index in [1.165, 1.54) is 23.5 Å². The highest BCUT2D eigenvalue weighted by Gasteiger charge is 2.24. The van der Waals surface area contributed by atoms with Crippen molar-refractivity contribution in [2.45, 2.75) is 0 Å². The first-order valence-corrected chi connectivity index (χ1v) is 7.32. The second kappa shape index (κ2) is 5.30. The third-order valence-corrected chi connectivity index (χ3v) is 3.96. The Labute approximate surface area is 126 Å². The fourth-order valence-electron chi connectivity index (χ4n) is 1.68. The highest BCUT2D eigenvalue weighted by atomic mass is 79.9.